The molecule has 0 aliphatic carbocycles. The van der Waals surface area contributed by atoms with Gasteiger partial charge in [-0.1, -0.05) is 23.2 Å². The Hall–Kier alpha value is 0.380. The molecule has 5 nitrogen and oxygen atoms in total. The molecule has 0 saturated carbocycles. The van der Waals surface area contributed by atoms with Crippen molar-refractivity contribution in [3.05, 3.63) is 0 Å². The summed E-state index contributed by atoms with van der Waals surface area (Å²) >= 11 is 11.0. The number of epoxide rings is 2. The van der Waals surface area contributed by atoms with Gasteiger partial charge in [-0.2, -0.15) is 0 Å². The molecular formula is C6H8Cl2O5. The molecule has 76 valence electrons. The molecule has 0 bridgehead atoms. The zero-order chi connectivity index (χ0) is 9.69. The zero-order valence-corrected chi connectivity index (χ0v) is 7.96. The molecule has 0 aromatic rings. The van der Waals surface area contributed by atoms with Gasteiger partial charge < -0.3 is 19.7 Å². The summed E-state index contributed by atoms with van der Waals surface area (Å²) in [6, 6.07) is 0. The quantitative estimate of drug-likeness (QED) is 0.390. The van der Waals surface area contributed by atoms with Crippen molar-refractivity contribution in [1.29, 1.82) is 0 Å². The SMILES string of the molecule is OC(Cl)(OC(O)(Cl)C1CO1)C1CO1. The molecule has 0 aromatic heterocycles. The molecule has 0 radical (unpaired) electrons. The lowest BCUT2D eigenvalue weighted by molar-refractivity contribution is -0.269. The average molecular weight is 231 g/mol. The maximum absolute atomic E-state index is 9.38. The molecule has 0 amide bonds. The second-order valence-corrected chi connectivity index (χ2v) is 4.05. The molecule has 2 N–H and O–H groups in total. The van der Waals surface area contributed by atoms with Gasteiger partial charge in [-0.15, -0.1) is 0 Å². The third kappa shape index (κ3) is 2.24. The Morgan fingerprint density at radius 3 is 1.62 bits per heavy atom. The van der Waals surface area contributed by atoms with Crippen LogP contribution in [-0.4, -0.2) is 46.1 Å². The van der Waals surface area contributed by atoms with Gasteiger partial charge in [0.2, 0.25) is 0 Å². The van der Waals surface area contributed by atoms with Gasteiger partial charge in [0.05, 0.1) is 13.2 Å². The van der Waals surface area contributed by atoms with Gasteiger partial charge in [0, 0.05) is 0 Å². The van der Waals surface area contributed by atoms with E-state index in [0.29, 0.717) is 0 Å². The van der Waals surface area contributed by atoms with Crippen molar-refractivity contribution in [2.45, 2.75) is 22.7 Å². The lowest BCUT2D eigenvalue weighted by Gasteiger charge is -2.27. The van der Waals surface area contributed by atoms with Crippen molar-refractivity contribution in [1.82, 2.24) is 0 Å². The molecule has 2 aliphatic heterocycles. The van der Waals surface area contributed by atoms with E-state index in [0.717, 1.165) is 0 Å². The summed E-state index contributed by atoms with van der Waals surface area (Å²) < 4.78 is 14.1. The normalized spacial score (nSPS) is 40.6. The largest absolute Gasteiger partial charge is 0.366 e. The standard InChI is InChI=1S/C6H8Cl2O5/c7-5(9,3-1-11-3)13-6(8,10)4-2-12-4/h3-4,9-10H,1-2H2. The van der Waals surface area contributed by atoms with E-state index < -0.39 is 22.7 Å². The van der Waals surface area contributed by atoms with Crippen molar-refractivity contribution < 1.29 is 24.4 Å². The fourth-order valence-electron chi connectivity index (χ4n) is 0.840. The van der Waals surface area contributed by atoms with Gasteiger partial charge in [0.15, 0.2) is 12.2 Å². The summed E-state index contributed by atoms with van der Waals surface area (Å²) in [5.74, 6) is 0. The Morgan fingerprint density at radius 1 is 1.08 bits per heavy atom. The second-order valence-electron chi connectivity index (χ2n) is 2.96. The first-order chi connectivity index (χ1) is 5.92. The third-order valence-electron chi connectivity index (χ3n) is 1.75. The average Bonchev–Trinajstić information content (AvgIpc) is 2.81. The van der Waals surface area contributed by atoms with E-state index in [1.807, 2.05) is 0 Å². The summed E-state index contributed by atoms with van der Waals surface area (Å²) in [7, 11) is 0. The van der Waals surface area contributed by atoms with Crippen LogP contribution in [-0.2, 0) is 14.2 Å². The fourth-order valence-corrected chi connectivity index (χ4v) is 1.37. The van der Waals surface area contributed by atoms with E-state index in [1.54, 1.807) is 0 Å². The maximum Gasteiger partial charge on any atom is 0.279 e. The molecule has 4 unspecified atom stereocenters. The van der Waals surface area contributed by atoms with E-state index >= 15 is 0 Å². The Bertz CT molecular complexity index is 189. The van der Waals surface area contributed by atoms with Crippen molar-refractivity contribution in [3.63, 3.8) is 0 Å². The second kappa shape index (κ2) is 2.93. The Balaban J connectivity index is 1.94. The van der Waals surface area contributed by atoms with Crippen LogP contribution in [0, 0.1) is 0 Å². The molecule has 2 heterocycles. The molecule has 13 heavy (non-hydrogen) atoms. The molecular weight excluding hydrogens is 223 g/mol. The van der Waals surface area contributed by atoms with Crippen molar-refractivity contribution in [2.24, 2.45) is 0 Å². The number of ether oxygens (including phenoxy) is 3. The minimum absolute atomic E-state index is 0.276. The van der Waals surface area contributed by atoms with Crippen LogP contribution >= 0.6 is 23.2 Å². The summed E-state index contributed by atoms with van der Waals surface area (Å²) in [5, 5.41) is 14.6. The number of aliphatic hydroxyl groups is 2. The maximum atomic E-state index is 9.38. The van der Waals surface area contributed by atoms with Gasteiger partial charge in [-0.3, -0.25) is 4.74 Å². The van der Waals surface area contributed by atoms with Crippen LogP contribution < -0.4 is 0 Å². The smallest absolute Gasteiger partial charge is 0.279 e. The predicted octanol–water partition coefficient (Wildman–Crippen LogP) is -0.430. The van der Waals surface area contributed by atoms with Crippen molar-refractivity contribution in [3.8, 4) is 0 Å². The molecule has 7 heteroatoms. The van der Waals surface area contributed by atoms with Gasteiger partial charge in [-0.25, -0.2) is 0 Å². The van der Waals surface area contributed by atoms with Gasteiger partial charge >= 0.3 is 0 Å². The summed E-state index contributed by atoms with van der Waals surface area (Å²) in [4.78, 5) is 0. The highest BCUT2D eigenvalue weighted by atomic mass is 35.5. The van der Waals surface area contributed by atoms with E-state index in [-0.39, 0.29) is 13.2 Å². The summed E-state index contributed by atoms with van der Waals surface area (Å²) in [6.07, 6.45) is -1.31. The highest BCUT2D eigenvalue weighted by Crippen LogP contribution is 2.38. The number of hydrogen-bond donors (Lipinski definition) is 2. The predicted molar refractivity (Wildman–Crippen MR) is 42.2 cm³/mol. The molecule has 2 aliphatic rings. The number of alkyl halides is 2. The van der Waals surface area contributed by atoms with Gasteiger partial charge in [-0.05, 0) is 0 Å². The summed E-state index contributed by atoms with van der Waals surface area (Å²) in [5.41, 5.74) is 0. The first kappa shape index (κ1) is 9.92. The van der Waals surface area contributed by atoms with E-state index in [1.165, 1.54) is 0 Å². The molecule has 0 spiro atoms. The molecule has 4 atom stereocenters. The van der Waals surface area contributed by atoms with Crippen molar-refractivity contribution >= 4 is 23.2 Å². The molecule has 2 saturated heterocycles. The van der Waals surface area contributed by atoms with Crippen LogP contribution in [0.1, 0.15) is 0 Å². The van der Waals surface area contributed by atoms with E-state index in [4.69, 9.17) is 32.7 Å². The number of halogens is 2. The third-order valence-corrected chi connectivity index (χ3v) is 2.39. The lowest BCUT2D eigenvalue weighted by atomic mass is 10.4. The zero-order valence-electron chi connectivity index (χ0n) is 6.44. The monoisotopic (exact) mass is 230 g/mol. The highest BCUT2D eigenvalue weighted by molar-refractivity contribution is 6.24. The van der Waals surface area contributed by atoms with Crippen LogP contribution in [0.15, 0.2) is 0 Å². The molecule has 2 fully saturated rings. The van der Waals surface area contributed by atoms with Crippen LogP contribution in [0.5, 0.6) is 0 Å². The minimum atomic E-state index is -2.09. The number of hydrogen-bond acceptors (Lipinski definition) is 5. The Kier molecular flexibility index (Phi) is 2.24. The molecule has 2 rings (SSSR count). The first-order valence-electron chi connectivity index (χ1n) is 3.68. The van der Waals surface area contributed by atoms with Crippen LogP contribution in [0.4, 0.5) is 0 Å². The fraction of sp³-hybridized carbons (Fsp3) is 1.00. The van der Waals surface area contributed by atoms with E-state index in [2.05, 4.69) is 4.74 Å². The lowest BCUT2D eigenvalue weighted by Crippen LogP contribution is -2.44. The minimum Gasteiger partial charge on any atom is -0.366 e. The van der Waals surface area contributed by atoms with E-state index in [9.17, 15) is 10.2 Å². The van der Waals surface area contributed by atoms with Gasteiger partial charge in [0.1, 0.15) is 0 Å². The topological polar surface area (TPSA) is 74.8 Å². The first-order valence-corrected chi connectivity index (χ1v) is 4.43. The van der Waals surface area contributed by atoms with Crippen LogP contribution in [0.25, 0.3) is 0 Å². The van der Waals surface area contributed by atoms with Crippen molar-refractivity contribution in [2.75, 3.05) is 13.2 Å². The van der Waals surface area contributed by atoms with Crippen LogP contribution in [0.2, 0.25) is 0 Å². The summed E-state index contributed by atoms with van der Waals surface area (Å²) in [6.45, 7) is 0.553. The van der Waals surface area contributed by atoms with Gasteiger partial charge in [0.25, 0.3) is 10.5 Å². The molecule has 0 aromatic carbocycles. The Morgan fingerprint density at radius 2 is 1.38 bits per heavy atom. The Labute approximate surface area is 84.1 Å². The number of rotatable bonds is 4. The highest BCUT2D eigenvalue weighted by Gasteiger charge is 2.55. The van der Waals surface area contributed by atoms with Crippen LogP contribution in [0.3, 0.4) is 0 Å².